The van der Waals surface area contributed by atoms with Crippen LogP contribution in [0.5, 0.6) is 0 Å². The van der Waals surface area contributed by atoms with Crippen molar-refractivity contribution in [3.05, 3.63) is 0 Å². The van der Waals surface area contributed by atoms with Gasteiger partial charge in [0.2, 0.25) is 0 Å². The van der Waals surface area contributed by atoms with Gasteiger partial charge in [0.25, 0.3) is 0 Å². The van der Waals surface area contributed by atoms with Crippen LogP contribution in [0.2, 0.25) is 0 Å². The van der Waals surface area contributed by atoms with E-state index in [2.05, 4.69) is 25.8 Å². The van der Waals surface area contributed by atoms with E-state index in [-0.39, 0.29) is 11.3 Å². The van der Waals surface area contributed by atoms with Crippen LogP contribution in [0.4, 0.5) is 0 Å². The van der Waals surface area contributed by atoms with Crippen LogP contribution in [0.3, 0.4) is 0 Å². The summed E-state index contributed by atoms with van der Waals surface area (Å²) < 4.78 is 0. The number of Topliss-reactive ketones (excluding diaryl/α,β-unsaturated/α-hetero) is 1. The number of hydrogen-bond acceptors (Lipinski definition) is 3. The zero-order valence-electron chi connectivity index (χ0n) is 11.4. The molecule has 0 spiro atoms. The van der Waals surface area contributed by atoms with E-state index in [1.807, 2.05) is 11.8 Å². The van der Waals surface area contributed by atoms with Gasteiger partial charge in [0.05, 0.1) is 0 Å². The maximum atomic E-state index is 12.4. The lowest BCUT2D eigenvalue weighted by molar-refractivity contribution is -0.135. The number of ketones is 1. The van der Waals surface area contributed by atoms with E-state index < -0.39 is 0 Å². The van der Waals surface area contributed by atoms with E-state index in [0.717, 1.165) is 19.4 Å². The van der Waals surface area contributed by atoms with Gasteiger partial charge >= 0.3 is 0 Å². The first-order chi connectivity index (χ1) is 8.00. The first kappa shape index (κ1) is 13.4. The summed E-state index contributed by atoms with van der Waals surface area (Å²) in [5.41, 5.74) is -0.0752. The first-order valence-corrected chi connectivity index (χ1v) is 7.98. The summed E-state index contributed by atoms with van der Waals surface area (Å²) in [5.74, 6) is 3.33. The second-order valence-corrected chi connectivity index (χ2v) is 7.44. The number of nitrogens with zero attached hydrogens (tertiary/aromatic N) is 1. The molecule has 0 aromatic rings. The minimum absolute atomic E-state index is 0.0752. The van der Waals surface area contributed by atoms with Gasteiger partial charge in [-0.15, -0.1) is 0 Å². The Morgan fingerprint density at radius 3 is 2.82 bits per heavy atom. The predicted molar refractivity (Wildman–Crippen MR) is 74.5 cm³/mol. The summed E-state index contributed by atoms with van der Waals surface area (Å²) >= 11 is 2.05. The summed E-state index contributed by atoms with van der Waals surface area (Å²) in [6.07, 6.45) is 4.69. The Hall–Kier alpha value is -0.0200. The standard InChI is InChI=1S/C14H25NOS/c1-14(2)7-4-5-11(13(14)16)9-15(3)12-6-8-17-10-12/h11-12H,4-10H2,1-3H3. The lowest BCUT2D eigenvalue weighted by atomic mass is 9.71. The topological polar surface area (TPSA) is 20.3 Å². The summed E-state index contributed by atoms with van der Waals surface area (Å²) in [6, 6.07) is 0.706. The quantitative estimate of drug-likeness (QED) is 0.773. The average Bonchev–Trinajstić information content (AvgIpc) is 2.78. The highest BCUT2D eigenvalue weighted by Gasteiger charge is 2.38. The maximum absolute atomic E-state index is 12.4. The highest BCUT2D eigenvalue weighted by Crippen LogP contribution is 2.36. The van der Waals surface area contributed by atoms with Crippen LogP contribution in [0.25, 0.3) is 0 Å². The van der Waals surface area contributed by atoms with Gasteiger partial charge in [-0.3, -0.25) is 4.79 Å². The number of carbonyl (C=O) groups is 1. The van der Waals surface area contributed by atoms with E-state index in [1.54, 1.807) is 0 Å². The smallest absolute Gasteiger partial charge is 0.142 e. The minimum atomic E-state index is -0.0752. The number of hydrogen-bond donors (Lipinski definition) is 0. The lowest BCUT2D eigenvalue weighted by Gasteiger charge is -2.36. The number of rotatable bonds is 3. The third-order valence-electron chi connectivity index (χ3n) is 4.43. The molecule has 17 heavy (non-hydrogen) atoms. The molecule has 0 radical (unpaired) electrons. The zero-order chi connectivity index (χ0) is 12.5. The van der Waals surface area contributed by atoms with Crippen LogP contribution in [-0.2, 0) is 4.79 Å². The van der Waals surface area contributed by atoms with Crippen molar-refractivity contribution in [2.75, 3.05) is 25.1 Å². The van der Waals surface area contributed by atoms with Crippen LogP contribution < -0.4 is 0 Å². The summed E-state index contributed by atoms with van der Waals surface area (Å²) in [4.78, 5) is 14.8. The highest BCUT2D eigenvalue weighted by atomic mass is 32.2. The Labute approximate surface area is 110 Å². The van der Waals surface area contributed by atoms with Gasteiger partial charge in [-0.05, 0) is 32.1 Å². The van der Waals surface area contributed by atoms with Crippen molar-refractivity contribution < 1.29 is 4.79 Å². The summed E-state index contributed by atoms with van der Waals surface area (Å²) in [6.45, 7) is 5.22. The lowest BCUT2D eigenvalue weighted by Crippen LogP contribution is -2.43. The SMILES string of the molecule is CN(CC1CCCC(C)(C)C1=O)C1CCSC1. The molecule has 2 aliphatic rings. The fourth-order valence-electron chi connectivity index (χ4n) is 3.14. The van der Waals surface area contributed by atoms with E-state index in [9.17, 15) is 4.79 Å². The van der Waals surface area contributed by atoms with Crippen molar-refractivity contribution in [3.8, 4) is 0 Å². The molecule has 3 heteroatoms. The van der Waals surface area contributed by atoms with Gasteiger partial charge in [-0.25, -0.2) is 0 Å². The van der Waals surface area contributed by atoms with Gasteiger partial charge < -0.3 is 4.90 Å². The normalized spacial score (nSPS) is 33.3. The molecule has 0 aromatic heterocycles. The van der Waals surface area contributed by atoms with Crippen molar-refractivity contribution >= 4 is 17.5 Å². The molecular formula is C14H25NOS. The number of carbonyl (C=O) groups excluding carboxylic acids is 1. The molecule has 2 rings (SSSR count). The second kappa shape index (κ2) is 5.31. The largest absolute Gasteiger partial charge is 0.302 e. The van der Waals surface area contributed by atoms with Gasteiger partial charge in [-0.2, -0.15) is 11.8 Å². The van der Waals surface area contributed by atoms with Gasteiger partial charge in [-0.1, -0.05) is 20.3 Å². The molecule has 1 saturated carbocycles. The highest BCUT2D eigenvalue weighted by molar-refractivity contribution is 7.99. The summed E-state index contributed by atoms with van der Waals surface area (Å²) in [5, 5.41) is 0. The molecule has 98 valence electrons. The molecule has 1 aliphatic heterocycles. The molecule has 2 atom stereocenters. The van der Waals surface area contributed by atoms with Crippen LogP contribution in [0.15, 0.2) is 0 Å². The van der Waals surface area contributed by atoms with E-state index in [0.29, 0.717) is 11.8 Å². The molecule has 1 heterocycles. The first-order valence-electron chi connectivity index (χ1n) is 6.83. The van der Waals surface area contributed by atoms with Crippen LogP contribution in [-0.4, -0.2) is 41.8 Å². The molecule has 0 N–H and O–H groups in total. The third kappa shape index (κ3) is 3.05. The van der Waals surface area contributed by atoms with Crippen LogP contribution in [0, 0.1) is 11.3 Å². The molecule has 1 aliphatic carbocycles. The zero-order valence-corrected chi connectivity index (χ0v) is 12.2. The fraction of sp³-hybridized carbons (Fsp3) is 0.929. The van der Waals surface area contributed by atoms with E-state index in [1.165, 1.54) is 24.3 Å². The van der Waals surface area contributed by atoms with Crippen molar-refractivity contribution in [1.82, 2.24) is 4.90 Å². The van der Waals surface area contributed by atoms with Crippen molar-refractivity contribution in [3.63, 3.8) is 0 Å². The Bertz CT molecular complexity index is 284. The molecule has 2 nitrogen and oxygen atoms in total. The second-order valence-electron chi connectivity index (χ2n) is 6.29. The minimum Gasteiger partial charge on any atom is -0.302 e. The van der Waals surface area contributed by atoms with Crippen molar-refractivity contribution in [2.45, 2.75) is 45.6 Å². The molecule has 2 fully saturated rings. The molecule has 0 bridgehead atoms. The van der Waals surface area contributed by atoms with Crippen LogP contribution >= 0.6 is 11.8 Å². The van der Waals surface area contributed by atoms with Crippen molar-refractivity contribution in [1.29, 1.82) is 0 Å². The van der Waals surface area contributed by atoms with E-state index >= 15 is 0 Å². The Balaban J connectivity index is 1.91. The van der Waals surface area contributed by atoms with Crippen LogP contribution in [0.1, 0.15) is 39.5 Å². The molecule has 0 amide bonds. The Morgan fingerprint density at radius 1 is 1.41 bits per heavy atom. The van der Waals surface area contributed by atoms with Gasteiger partial charge in [0.1, 0.15) is 5.78 Å². The fourth-order valence-corrected chi connectivity index (χ4v) is 4.44. The molecular weight excluding hydrogens is 230 g/mol. The molecule has 0 aromatic carbocycles. The maximum Gasteiger partial charge on any atom is 0.142 e. The summed E-state index contributed by atoms with van der Waals surface area (Å²) in [7, 11) is 2.20. The third-order valence-corrected chi connectivity index (χ3v) is 5.57. The monoisotopic (exact) mass is 255 g/mol. The van der Waals surface area contributed by atoms with Gasteiger partial charge in [0.15, 0.2) is 0 Å². The molecule has 2 unspecified atom stereocenters. The average molecular weight is 255 g/mol. The number of thioether (sulfide) groups is 1. The Kier molecular flexibility index (Phi) is 4.19. The van der Waals surface area contributed by atoms with Gasteiger partial charge in [0, 0.05) is 29.7 Å². The van der Waals surface area contributed by atoms with E-state index in [4.69, 9.17) is 0 Å². The van der Waals surface area contributed by atoms with Crippen molar-refractivity contribution in [2.24, 2.45) is 11.3 Å². The predicted octanol–water partition coefficient (Wildman–Crippen LogP) is 2.82. The Morgan fingerprint density at radius 2 is 2.18 bits per heavy atom. The molecule has 1 saturated heterocycles.